The number of carbonyl (C=O) groups excluding carboxylic acids is 1. The van der Waals surface area contributed by atoms with Crippen molar-refractivity contribution >= 4 is 16.9 Å². The van der Waals surface area contributed by atoms with E-state index >= 15 is 0 Å². The van der Waals surface area contributed by atoms with Crippen LogP contribution in [0.5, 0.6) is 5.75 Å². The highest BCUT2D eigenvalue weighted by Gasteiger charge is 2.32. The van der Waals surface area contributed by atoms with Crippen molar-refractivity contribution in [1.82, 2.24) is 14.9 Å². The van der Waals surface area contributed by atoms with E-state index in [1.807, 2.05) is 24.3 Å². The summed E-state index contributed by atoms with van der Waals surface area (Å²) in [5.74, 6) is 0.255. The second-order valence-electron chi connectivity index (χ2n) is 6.10. The molecule has 5 nitrogen and oxygen atoms in total. The minimum absolute atomic E-state index is 0.0929. The molecule has 1 N–H and O–H groups in total. The molecule has 1 atom stereocenters. The van der Waals surface area contributed by atoms with Gasteiger partial charge in [0.2, 0.25) is 0 Å². The van der Waals surface area contributed by atoms with Gasteiger partial charge < -0.3 is 14.6 Å². The molecular weight excluding hydrogens is 321 g/mol. The molecule has 0 spiro atoms. The number of nitrogens with zero attached hydrogens (tertiary/aromatic N) is 2. The molecule has 0 aliphatic carbocycles. The number of hydrogen-bond acceptors (Lipinski definition) is 3. The van der Waals surface area contributed by atoms with E-state index in [9.17, 15) is 9.18 Å². The Balaban J connectivity index is 1.49. The van der Waals surface area contributed by atoms with Gasteiger partial charge in [-0.2, -0.15) is 0 Å². The molecule has 1 saturated heterocycles. The standard InChI is InChI=1S/C19H18FN3O2/c20-13-6-1-4-10-17(13)25-12-18(24)23-11-5-9-16(23)19-21-14-7-2-3-8-15(14)22-19/h1-4,6-8,10,16H,5,9,11-12H2,(H,21,22)/t16-/m0/s1. The number of amides is 1. The van der Waals surface area contributed by atoms with Crippen molar-refractivity contribution in [2.75, 3.05) is 13.2 Å². The zero-order chi connectivity index (χ0) is 17.2. The summed E-state index contributed by atoms with van der Waals surface area (Å²) in [5.41, 5.74) is 1.85. The van der Waals surface area contributed by atoms with Gasteiger partial charge in [0.1, 0.15) is 5.82 Å². The number of fused-ring (bicyclic) bond motifs is 1. The predicted octanol–water partition coefficient (Wildman–Crippen LogP) is 3.44. The number of carbonyl (C=O) groups is 1. The highest BCUT2D eigenvalue weighted by Crippen LogP contribution is 2.31. The second-order valence-corrected chi connectivity index (χ2v) is 6.10. The number of para-hydroxylation sites is 3. The van der Waals surface area contributed by atoms with Crippen molar-refractivity contribution in [3.8, 4) is 5.75 Å². The average molecular weight is 339 g/mol. The molecule has 1 aliphatic heterocycles. The lowest BCUT2D eigenvalue weighted by Crippen LogP contribution is -2.35. The molecule has 1 aromatic heterocycles. The SMILES string of the molecule is O=C(COc1ccccc1F)N1CCC[C@H]1c1nc2ccccc2[nH]1. The lowest BCUT2D eigenvalue weighted by atomic mass is 10.2. The number of imidazole rings is 1. The van der Waals surface area contributed by atoms with Gasteiger partial charge in [0, 0.05) is 6.54 Å². The summed E-state index contributed by atoms with van der Waals surface area (Å²) in [4.78, 5) is 22.2. The van der Waals surface area contributed by atoms with Crippen LogP contribution in [-0.4, -0.2) is 33.9 Å². The number of likely N-dealkylation sites (tertiary alicyclic amines) is 1. The number of aromatic nitrogens is 2. The number of aromatic amines is 1. The summed E-state index contributed by atoms with van der Waals surface area (Å²) in [7, 11) is 0. The quantitative estimate of drug-likeness (QED) is 0.792. The molecule has 128 valence electrons. The van der Waals surface area contributed by atoms with Gasteiger partial charge >= 0.3 is 0 Å². The molecule has 3 aromatic rings. The molecule has 4 rings (SSSR count). The van der Waals surface area contributed by atoms with E-state index in [4.69, 9.17) is 4.74 Å². The lowest BCUT2D eigenvalue weighted by Gasteiger charge is -2.23. The Morgan fingerprint density at radius 3 is 2.88 bits per heavy atom. The van der Waals surface area contributed by atoms with Crippen LogP contribution in [0, 0.1) is 5.82 Å². The number of ether oxygens (including phenoxy) is 1. The summed E-state index contributed by atoms with van der Waals surface area (Å²) in [6.07, 6.45) is 1.76. The molecule has 1 aliphatic rings. The Labute approximate surface area is 144 Å². The number of nitrogens with one attached hydrogen (secondary N) is 1. The van der Waals surface area contributed by atoms with Gasteiger partial charge in [0.15, 0.2) is 18.2 Å². The van der Waals surface area contributed by atoms with Crippen LogP contribution in [0.2, 0.25) is 0 Å². The highest BCUT2D eigenvalue weighted by atomic mass is 19.1. The predicted molar refractivity (Wildman–Crippen MR) is 91.7 cm³/mol. The maximum atomic E-state index is 13.6. The normalized spacial score (nSPS) is 17.2. The van der Waals surface area contributed by atoms with E-state index in [0.717, 1.165) is 29.7 Å². The average Bonchev–Trinajstić information content (AvgIpc) is 3.27. The fourth-order valence-corrected chi connectivity index (χ4v) is 3.26. The summed E-state index contributed by atoms with van der Waals surface area (Å²) in [6.45, 7) is 0.471. The van der Waals surface area contributed by atoms with Crippen molar-refractivity contribution in [3.05, 3.63) is 60.2 Å². The Morgan fingerprint density at radius 2 is 2.04 bits per heavy atom. The van der Waals surface area contributed by atoms with Gasteiger partial charge in [-0.15, -0.1) is 0 Å². The first-order valence-electron chi connectivity index (χ1n) is 8.34. The number of H-pyrrole nitrogens is 1. The Bertz CT molecular complexity index is 875. The monoisotopic (exact) mass is 339 g/mol. The van der Waals surface area contributed by atoms with Crippen LogP contribution in [0.15, 0.2) is 48.5 Å². The lowest BCUT2D eigenvalue weighted by molar-refractivity contribution is -0.134. The van der Waals surface area contributed by atoms with Crippen molar-refractivity contribution in [1.29, 1.82) is 0 Å². The maximum absolute atomic E-state index is 13.6. The molecule has 0 saturated carbocycles. The molecule has 0 bridgehead atoms. The van der Waals surface area contributed by atoms with Gasteiger partial charge in [-0.05, 0) is 37.1 Å². The second kappa shape index (κ2) is 6.55. The summed E-state index contributed by atoms with van der Waals surface area (Å²) >= 11 is 0. The highest BCUT2D eigenvalue weighted by molar-refractivity contribution is 5.79. The van der Waals surface area contributed by atoms with Gasteiger partial charge in [0.25, 0.3) is 5.91 Å². The summed E-state index contributed by atoms with van der Waals surface area (Å²) in [6, 6.07) is 13.8. The molecule has 6 heteroatoms. The number of halogens is 1. The van der Waals surface area contributed by atoms with Crippen molar-refractivity contribution in [2.24, 2.45) is 0 Å². The van der Waals surface area contributed by atoms with Crippen LogP contribution >= 0.6 is 0 Å². The Kier molecular flexibility index (Phi) is 4.09. The first-order chi connectivity index (χ1) is 12.2. The fraction of sp³-hybridized carbons (Fsp3) is 0.263. The molecule has 0 radical (unpaired) electrons. The Hall–Kier alpha value is -2.89. The minimum Gasteiger partial charge on any atom is -0.481 e. The Morgan fingerprint density at radius 1 is 1.24 bits per heavy atom. The summed E-state index contributed by atoms with van der Waals surface area (Å²) in [5, 5.41) is 0. The van der Waals surface area contributed by atoms with Gasteiger partial charge in [-0.1, -0.05) is 24.3 Å². The first-order valence-corrected chi connectivity index (χ1v) is 8.34. The molecule has 1 amide bonds. The number of rotatable bonds is 4. The van der Waals surface area contributed by atoms with E-state index in [0.29, 0.717) is 6.54 Å². The van der Waals surface area contributed by atoms with Crippen LogP contribution in [0.4, 0.5) is 4.39 Å². The van der Waals surface area contributed by atoms with E-state index < -0.39 is 5.82 Å². The number of hydrogen-bond donors (Lipinski definition) is 1. The van der Waals surface area contributed by atoms with E-state index in [1.54, 1.807) is 17.0 Å². The molecule has 25 heavy (non-hydrogen) atoms. The van der Waals surface area contributed by atoms with E-state index in [-0.39, 0.29) is 24.3 Å². The topological polar surface area (TPSA) is 58.2 Å². The molecule has 2 aromatic carbocycles. The third kappa shape index (κ3) is 3.07. The van der Waals surface area contributed by atoms with E-state index in [2.05, 4.69) is 9.97 Å². The van der Waals surface area contributed by atoms with Crippen molar-refractivity contribution in [3.63, 3.8) is 0 Å². The third-order valence-corrected chi connectivity index (χ3v) is 4.48. The first kappa shape index (κ1) is 15.6. The van der Waals surface area contributed by atoms with Gasteiger partial charge in [0.05, 0.1) is 17.1 Å². The zero-order valence-electron chi connectivity index (χ0n) is 13.6. The van der Waals surface area contributed by atoms with Crippen LogP contribution in [0.25, 0.3) is 11.0 Å². The van der Waals surface area contributed by atoms with Crippen molar-refractivity contribution < 1.29 is 13.9 Å². The smallest absolute Gasteiger partial charge is 0.261 e. The van der Waals surface area contributed by atoms with Gasteiger partial charge in [-0.3, -0.25) is 4.79 Å². The third-order valence-electron chi connectivity index (χ3n) is 4.48. The summed E-state index contributed by atoms with van der Waals surface area (Å²) < 4.78 is 19.0. The minimum atomic E-state index is -0.467. The molecule has 1 fully saturated rings. The zero-order valence-corrected chi connectivity index (χ0v) is 13.6. The van der Waals surface area contributed by atoms with Crippen LogP contribution in [-0.2, 0) is 4.79 Å². The van der Waals surface area contributed by atoms with Gasteiger partial charge in [-0.25, -0.2) is 9.37 Å². The molecular formula is C19H18FN3O2. The molecule has 2 heterocycles. The van der Waals surface area contributed by atoms with Crippen molar-refractivity contribution in [2.45, 2.75) is 18.9 Å². The largest absolute Gasteiger partial charge is 0.481 e. The van der Waals surface area contributed by atoms with Crippen LogP contribution < -0.4 is 4.74 Å². The fourth-order valence-electron chi connectivity index (χ4n) is 3.26. The number of benzene rings is 2. The maximum Gasteiger partial charge on any atom is 0.261 e. The molecule has 0 unspecified atom stereocenters. The van der Waals surface area contributed by atoms with Crippen LogP contribution in [0.3, 0.4) is 0 Å². The van der Waals surface area contributed by atoms with Crippen LogP contribution in [0.1, 0.15) is 24.7 Å². The van der Waals surface area contributed by atoms with E-state index in [1.165, 1.54) is 12.1 Å².